The van der Waals surface area contributed by atoms with E-state index in [1.54, 1.807) is 16.8 Å². The van der Waals surface area contributed by atoms with Crippen LogP contribution in [0.15, 0.2) is 93.5 Å². The Bertz CT molecular complexity index is 1380. The molecule has 1 amide bonds. The van der Waals surface area contributed by atoms with Crippen LogP contribution in [0.4, 0.5) is 0 Å². The van der Waals surface area contributed by atoms with Gasteiger partial charge in [-0.25, -0.2) is 5.01 Å². The molecule has 0 bridgehead atoms. The number of aromatic nitrogens is 1. The topological polar surface area (TPSA) is 37.6 Å². The minimum absolute atomic E-state index is 0.0278. The second kappa shape index (κ2) is 10.4. The smallest absolute Gasteiger partial charge is 0.253 e. The number of aryl methyl sites for hydroxylation is 2. The Morgan fingerprint density at radius 1 is 1.06 bits per heavy atom. The van der Waals surface area contributed by atoms with Crippen molar-refractivity contribution in [3.05, 3.63) is 100 Å². The van der Waals surface area contributed by atoms with Gasteiger partial charge in [-0.15, -0.1) is 11.8 Å². The molecule has 0 saturated carbocycles. The minimum Gasteiger partial charge on any atom is -0.346 e. The van der Waals surface area contributed by atoms with Gasteiger partial charge in [0.2, 0.25) is 0 Å². The highest BCUT2D eigenvalue weighted by atomic mass is 79.9. The molecule has 0 spiro atoms. The predicted molar refractivity (Wildman–Crippen MR) is 149 cm³/mol. The lowest BCUT2D eigenvalue weighted by Crippen LogP contribution is -2.28. The summed E-state index contributed by atoms with van der Waals surface area (Å²) in [5.74, 6) is 0.375. The average molecular weight is 547 g/mol. The largest absolute Gasteiger partial charge is 0.346 e. The Morgan fingerprint density at radius 3 is 2.54 bits per heavy atom. The lowest BCUT2D eigenvalue weighted by molar-refractivity contribution is -0.130. The van der Waals surface area contributed by atoms with Gasteiger partial charge in [0.25, 0.3) is 5.91 Å². The normalized spacial score (nSPS) is 15.6. The molecule has 0 fully saturated rings. The predicted octanol–water partition coefficient (Wildman–Crippen LogP) is 7.59. The van der Waals surface area contributed by atoms with E-state index in [1.807, 2.05) is 12.1 Å². The maximum Gasteiger partial charge on any atom is 0.253 e. The molecular weight excluding hydrogens is 518 g/mol. The van der Waals surface area contributed by atoms with Crippen molar-refractivity contribution in [2.24, 2.45) is 5.10 Å². The van der Waals surface area contributed by atoms with Gasteiger partial charge >= 0.3 is 0 Å². The molecule has 3 aromatic carbocycles. The minimum atomic E-state index is -0.0937. The van der Waals surface area contributed by atoms with Crippen LogP contribution in [0.25, 0.3) is 10.9 Å². The van der Waals surface area contributed by atoms with E-state index in [0.29, 0.717) is 12.2 Å². The van der Waals surface area contributed by atoms with Gasteiger partial charge < -0.3 is 4.57 Å². The summed E-state index contributed by atoms with van der Waals surface area (Å²) >= 11 is 5.11. The Hall–Kier alpha value is -2.83. The van der Waals surface area contributed by atoms with Gasteiger partial charge in [-0.2, -0.15) is 5.10 Å². The molecule has 2 heterocycles. The highest BCUT2D eigenvalue weighted by molar-refractivity contribution is 9.10. The van der Waals surface area contributed by atoms with Crippen LogP contribution >= 0.6 is 27.7 Å². The van der Waals surface area contributed by atoms with Crippen LogP contribution < -0.4 is 0 Å². The Balaban J connectivity index is 1.41. The van der Waals surface area contributed by atoms with E-state index in [1.165, 1.54) is 16.5 Å². The van der Waals surface area contributed by atoms with Crippen molar-refractivity contribution in [1.82, 2.24) is 9.58 Å². The molecule has 178 valence electrons. The van der Waals surface area contributed by atoms with Crippen LogP contribution in [0.3, 0.4) is 0 Å². The van der Waals surface area contributed by atoms with E-state index in [9.17, 15) is 4.79 Å². The van der Waals surface area contributed by atoms with Crippen molar-refractivity contribution in [3.63, 3.8) is 0 Å². The first kappa shape index (κ1) is 23.9. The zero-order chi connectivity index (χ0) is 24.4. The quantitative estimate of drug-likeness (QED) is 0.224. The van der Waals surface area contributed by atoms with Crippen molar-refractivity contribution in [2.45, 2.75) is 44.2 Å². The van der Waals surface area contributed by atoms with Gasteiger partial charge in [0.1, 0.15) is 0 Å². The Morgan fingerprint density at radius 2 is 1.80 bits per heavy atom. The number of hydrogen-bond acceptors (Lipinski definition) is 3. The third-order valence-corrected chi connectivity index (χ3v) is 7.93. The van der Waals surface area contributed by atoms with E-state index >= 15 is 0 Å². The summed E-state index contributed by atoms with van der Waals surface area (Å²) in [5, 5.41) is 7.76. The second-order valence-corrected chi connectivity index (χ2v) is 10.8. The lowest BCUT2D eigenvalue weighted by atomic mass is 9.98. The van der Waals surface area contributed by atoms with Gasteiger partial charge in [0.15, 0.2) is 0 Å². The highest BCUT2D eigenvalue weighted by Gasteiger charge is 2.33. The summed E-state index contributed by atoms with van der Waals surface area (Å²) in [6, 6.07) is 24.9. The molecular formula is C29H28BrN3OS. The number of halogens is 1. The fourth-order valence-corrected chi connectivity index (χ4v) is 5.77. The summed E-state index contributed by atoms with van der Waals surface area (Å²) in [7, 11) is 0. The number of carbonyl (C=O) groups is 1. The van der Waals surface area contributed by atoms with Gasteiger partial charge in [-0.1, -0.05) is 83.0 Å². The van der Waals surface area contributed by atoms with E-state index in [-0.39, 0.29) is 11.9 Å². The molecule has 6 heteroatoms. The van der Waals surface area contributed by atoms with E-state index < -0.39 is 0 Å². The number of benzene rings is 3. The molecule has 5 rings (SSSR count). The molecule has 0 saturated heterocycles. The first-order chi connectivity index (χ1) is 17.0. The summed E-state index contributed by atoms with van der Waals surface area (Å²) in [5.41, 5.74) is 5.54. The molecule has 0 radical (unpaired) electrons. The molecule has 35 heavy (non-hydrogen) atoms. The highest BCUT2D eigenvalue weighted by Crippen LogP contribution is 2.35. The molecule has 0 N–H and O–H groups in total. The summed E-state index contributed by atoms with van der Waals surface area (Å²) in [6.45, 7) is 5.24. The number of fused-ring (bicyclic) bond motifs is 1. The number of thioether (sulfide) groups is 1. The fraction of sp³-hybridized carbons (Fsp3) is 0.241. The van der Waals surface area contributed by atoms with Crippen molar-refractivity contribution in [3.8, 4) is 0 Å². The van der Waals surface area contributed by atoms with Gasteiger partial charge in [0.05, 0.1) is 17.5 Å². The van der Waals surface area contributed by atoms with Crippen LogP contribution in [0.1, 0.15) is 42.5 Å². The maximum atomic E-state index is 13.6. The lowest BCUT2D eigenvalue weighted by Gasteiger charge is -2.22. The molecule has 4 aromatic rings. The third-order valence-electron chi connectivity index (χ3n) is 6.37. The molecule has 1 aliphatic rings. The van der Waals surface area contributed by atoms with Gasteiger partial charge in [-0.05, 0) is 42.7 Å². The standard InChI is InChI=1S/C29H28BrN3OS/c1-3-16-32-18-28(24-6-4-5-7-26(24)32)35-19-29(34)33-27(22-10-8-20(2)9-11-22)17-25(31-33)21-12-14-23(30)15-13-21/h4-15,18,27H,3,16-17,19H2,1-2H3. The van der Waals surface area contributed by atoms with E-state index in [4.69, 9.17) is 5.10 Å². The van der Waals surface area contributed by atoms with Gasteiger partial charge in [0, 0.05) is 39.4 Å². The average Bonchev–Trinajstić information content (AvgIpc) is 3.46. The van der Waals surface area contributed by atoms with Crippen LogP contribution in [-0.4, -0.2) is 26.9 Å². The molecule has 1 unspecified atom stereocenters. The monoisotopic (exact) mass is 545 g/mol. The fourth-order valence-electron chi connectivity index (χ4n) is 4.56. The number of carbonyl (C=O) groups excluding carboxylic acids is 1. The van der Waals surface area contributed by atoms with Crippen molar-refractivity contribution in [2.75, 3.05) is 5.75 Å². The van der Waals surface area contributed by atoms with Crippen LogP contribution in [0.2, 0.25) is 0 Å². The molecule has 0 aliphatic carbocycles. The number of nitrogens with zero attached hydrogens (tertiary/aromatic N) is 3. The third kappa shape index (κ3) is 5.09. The van der Waals surface area contributed by atoms with E-state index in [2.05, 4.69) is 101 Å². The Labute approximate surface area is 219 Å². The first-order valence-corrected chi connectivity index (χ1v) is 13.7. The molecule has 1 atom stereocenters. The van der Waals surface area contributed by atoms with Crippen LogP contribution in [0.5, 0.6) is 0 Å². The van der Waals surface area contributed by atoms with Crippen LogP contribution in [-0.2, 0) is 11.3 Å². The van der Waals surface area contributed by atoms with Gasteiger partial charge in [-0.3, -0.25) is 4.79 Å². The first-order valence-electron chi connectivity index (χ1n) is 12.0. The number of hydrazone groups is 1. The maximum absolute atomic E-state index is 13.6. The summed E-state index contributed by atoms with van der Waals surface area (Å²) in [6.07, 6.45) is 3.96. The number of hydrogen-bond donors (Lipinski definition) is 0. The summed E-state index contributed by atoms with van der Waals surface area (Å²) < 4.78 is 3.32. The second-order valence-electron chi connectivity index (χ2n) is 8.92. The molecule has 1 aliphatic heterocycles. The van der Waals surface area contributed by atoms with Crippen molar-refractivity contribution >= 4 is 50.2 Å². The Kier molecular flexibility index (Phi) is 7.12. The van der Waals surface area contributed by atoms with E-state index in [0.717, 1.165) is 39.2 Å². The van der Waals surface area contributed by atoms with Crippen LogP contribution in [0, 0.1) is 6.92 Å². The van der Waals surface area contributed by atoms with Crippen molar-refractivity contribution < 1.29 is 4.79 Å². The molecule has 4 nitrogen and oxygen atoms in total. The number of rotatable bonds is 7. The SMILES string of the molecule is CCCn1cc(SCC(=O)N2N=C(c3ccc(Br)cc3)CC2c2ccc(C)cc2)c2ccccc21. The number of para-hydroxylation sites is 1. The zero-order valence-electron chi connectivity index (χ0n) is 19.9. The van der Waals surface area contributed by atoms with Crippen molar-refractivity contribution in [1.29, 1.82) is 0 Å². The zero-order valence-corrected chi connectivity index (χ0v) is 22.3. The number of amides is 1. The summed E-state index contributed by atoms with van der Waals surface area (Å²) in [4.78, 5) is 14.7. The molecule has 1 aromatic heterocycles.